The first kappa shape index (κ1) is 19.0. The molecule has 1 aliphatic heterocycles. The fourth-order valence-corrected chi connectivity index (χ4v) is 2.79. The predicted molar refractivity (Wildman–Crippen MR) is 95.6 cm³/mol. The summed E-state index contributed by atoms with van der Waals surface area (Å²) in [5.41, 5.74) is 1.88. The second kappa shape index (κ2) is 7.68. The monoisotopic (exact) mass is 345 g/mol. The van der Waals surface area contributed by atoms with E-state index in [1.807, 2.05) is 52.0 Å². The Morgan fingerprint density at radius 3 is 2.44 bits per heavy atom. The molecule has 0 radical (unpaired) electrons. The van der Waals surface area contributed by atoms with Crippen molar-refractivity contribution in [3.05, 3.63) is 35.4 Å². The number of likely N-dealkylation sites (tertiary alicyclic amines) is 1. The number of hydrogen-bond donors (Lipinski definition) is 2. The summed E-state index contributed by atoms with van der Waals surface area (Å²) in [6.07, 6.45) is 0.193. The number of hydrogen-bond acceptors (Lipinski definition) is 3. The summed E-state index contributed by atoms with van der Waals surface area (Å²) in [5.74, 6) is -0.911. The quantitative estimate of drug-likeness (QED) is 0.846. The summed E-state index contributed by atoms with van der Waals surface area (Å²) in [4.78, 5) is 37.9. The van der Waals surface area contributed by atoms with Crippen LogP contribution in [0.5, 0.6) is 0 Å². The number of nitrogens with one attached hydrogen (secondary N) is 2. The number of rotatable bonds is 5. The van der Waals surface area contributed by atoms with Crippen LogP contribution in [0.2, 0.25) is 0 Å². The molecule has 0 saturated carbocycles. The Kier molecular flexibility index (Phi) is 5.82. The lowest BCUT2D eigenvalue weighted by Crippen LogP contribution is -2.46. The molecule has 1 saturated heterocycles. The molecule has 136 valence electrons. The number of carbonyl (C=O) groups excluding carboxylic acids is 3. The van der Waals surface area contributed by atoms with Crippen LogP contribution in [-0.4, -0.2) is 41.2 Å². The zero-order valence-electron chi connectivity index (χ0n) is 15.4. The van der Waals surface area contributed by atoms with Gasteiger partial charge in [0, 0.05) is 25.0 Å². The zero-order chi connectivity index (χ0) is 18.6. The summed E-state index contributed by atoms with van der Waals surface area (Å²) >= 11 is 0. The van der Waals surface area contributed by atoms with E-state index < -0.39 is 5.92 Å². The smallest absolute Gasteiger partial charge is 0.239 e. The van der Waals surface area contributed by atoms with Gasteiger partial charge in [0.05, 0.1) is 12.5 Å². The molecule has 1 aromatic rings. The van der Waals surface area contributed by atoms with Gasteiger partial charge in [-0.1, -0.05) is 29.8 Å². The zero-order valence-corrected chi connectivity index (χ0v) is 15.4. The van der Waals surface area contributed by atoms with Crippen LogP contribution >= 0.6 is 0 Å². The van der Waals surface area contributed by atoms with E-state index in [9.17, 15) is 14.4 Å². The number of aryl methyl sites for hydroxylation is 1. The van der Waals surface area contributed by atoms with Crippen molar-refractivity contribution in [1.82, 2.24) is 15.5 Å². The molecule has 1 fully saturated rings. The Bertz CT molecular complexity index is 647. The van der Waals surface area contributed by atoms with E-state index in [2.05, 4.69) is 10.6 Å². The molecular formula is C19H27N3O3. The van der Waals surface area contributed by atoms with E-state index in [1.54, 1.807) is 4.90 Å². The van der Waals surface area contributed by atoms with Crippen LogP contribution in [0, 0.1) is 12.8 Å². The van der Waals surface area contributed by atoms with E-state index in [-0.39, 0.29) is 36.2 Å². The second-order valence-electron chi connectivity index (χ2n) is 7.68. The lowest BCUT2D eigenvalue weighted by molar-refractivity contribution is -0.130. The Balaban J connectivity index is 1.83. The van der Waals surface area contributed by atoms with Crippen molar-refractivity contribution in [2.45, 2.75) is 46.2 Å². The van der Waals surface area contributed by atoms with Crippen LogP contribution < -0.4 is 10.6 Å². The van der Waals surface area contributed by atoms with Gasteiger partial charge in [-0.05, 0) is 33.3 Å². The standard InChI is InChI=1S/C19H27N3O3/c1-13-5-7-14(8-6-13)11-22-12-15(9-17(22)24)18(25)20-10-16(23)21-19(2,3)4/h5-8,15H,9-12H2,1-4H3,(H,20,25)(H,21,23). The van der Waals surface area contributed by atoms with Gasteiger partial charge >= 0.3 is 0 Å². The molecule has 0 spiro atoms. The summed E-state index contributed by atoms with van der Waals surface area (Å²) in [5, 5.41) is 5.42. The average molecular weight is 345 g/mol. The van der Waals surface area contributed by atoms with Gasteiger partial charge in [0.25, 0.3) is 0 Å². The van der Waals surface area contributed by atoms with Gasteiger partial charge in [-0.25, -0.2) is 0 Å². The van der Waals surface area contributed by atoms with Gasteiger partial charge in [0.15, 0.2) is 0 Å². The normalized spacial score (nSPS) is 17.5. The molecule has 1 atom stereocenters. The summed E-state index contributed by atoms with van der Waals surface area (Å²) in [6.45, 7) is 8.48. The highest BCUT2D eigenvalue weighted by Gasteiger charge is 2.34. The molecule has 0 aromatic heterocycles. The Morgan fingerprint density at radius 1 is 1.20 bits per heavy atom. The van der Waals surface area contributed by atoms with Gasteiger partial charge in [-0.15, -0.1) is 0 Å². The number of amides is 3. The summed E-state index contributed by atoms with van der Waals surface area (Å²) in [6, 6.07) is 8.00. The first-order chi connectivity index (χ1) is 11.6. The molecule has 1 aromatic carbocycles. The summed E-state index contributed by atoms with van der Waals surface area (Å²) in [7, 11) is 0. The van der Waals surface area contributed by atoms with Crippen molar-refractivity contribution < 1.29 is 14.4 Å². The van der Waals surface area contributed by atoms with E-state index >= 15 is 0 Å². The molecule has 6 heteroatoms. The first-order valence-electron chi connectivity index (χ1n) is 8.56. The summed E-state index contributed by atoms with van der Waals surface area (Å²) < 4.78 is 0. The van der Waals surface area contributed by atoms with Crippen LogP contribution in [-0.2, 0) is 20.9 Å². The van der Waals surface area contributed by atoms with Crippen LogP contribution in [0.1, 0.15) is 38.3 Å². The third-order valence-electron chi connectivity index (χ3n) is 4.02. The molecule has 0 aliphatic carbocycles. The minimum Gasteiger partial charge on any atom is -0.350 e. The molecule has 0 bridgehead atoms. The first-order valence-corrected chi connectivity index (χ1v) is 8.56. The maximum Gasteiger partial charge on any atom is 0.239 e. The van der Waals surface area contributed by atoms with Crippen LogP contribution in [0.3, 0.4) is 0 Å². The maximum absolute atomic E-state index is 12.2. The second-order valence-corrected chi connectivity index (χ2v) is 7.68. The average Bonchev–Trinajstić information content (AvgIpc) is 2.86. The number of carbonyl (C=O) groups is 3. The molecule has 6 nitrogen and oxygen atoms in total. The fourth-order valence-electron chi connectivity index (χ4n) is 2.79. The molecule has 25 heavy (non-hydrogen) atoms. The number of nitrogens with zero attached hydrogens (tertiary/aromatic N) is 1. The van der Waals surface area contributed by atoms with Gasteiger partial charge in [-0.3, -0.25) is 14.4 Å². The highest BCUT2D eigenvalue weighted by molar-refractivity contribution is 5.91. The van der Waals surface area contributed by atoms with Crippen molar-refractivity contribution >= 4 is 17.7 Å². The van der Waals surface area contributed by atoms with Gasteiger partial charge < -0.3 is 15.5 Å². The Hall–Kier alpha value is -2.37. The predicted octanol–water partition coefficient (Wildman–Crippen LogP) is 1.37. The lowest BCUT2D eigenvalue weighted by atomic mass is 10.1. The van der Waals surface area contributed by atoms with Crippen molar-refractivity contribution in [3.8, 4) is 0 Å². The Morgan fingerprint density at radius 2 is 1.84 bits per heavy atom. The number of benzene rings is 1. The lowest BCUT2D eigenvalue weighted by Gasteiger charge is -2.21. The molecule has 1 unspecified atom stereocenters. The Labute approximate surface area is 149 Å². The van der Waals surface area contributed by atoms with Crippen molar-refractivity contribution in [2.75, 3.05) is 13.1 Å². The third-order valence-corrected chi connectivity index (χ3v) is 4.02. The minimum absolute atomic E-state index is 0.0279. The maximum atomic E-state index is 12.2. The molecule has 1 aliphatic rings. The van der Waals surface area contributed by atoms with Crippen molar-refractivity contribution in [3.63, 3.8) is 0 Å². The molecular weight excluding hydrogens is 318 g/mol. The largest absolute Gasteiger partial charge is 0.350 e. The van der Waals surface area contributed by atoms with Crippen LogP contribution in [0.25, 0.3) is 0 Å². The van der Waals surface area contributed by atoms with Crippen LogP contribution in [0.4, 0.5) is 0 Å². The van der Waals surface area contributed by atoms with Gasteiger partial charge in [0.1, 0.15) is 0 Å². The molecule has 2 N–H and O–H groups in total. The molecule has 1 heterocycles. The van der Waals surface area contributed by atoms with E-state index in [4.69, 9.17) is 0 Å². The van der Waals surface area contributed by atoms with Gasteiger partial charge in [0.2, 0.25) is 17.7 Å². The van der Waals surface area contributed by atoms with Crippen LogP contribution in [0.15, 0.2) is 24.3 Å². The van der Waals surface area contributed by atoms with Crippen molar-refractivity contribution in [1.29, 1.82) is 0 Å². The van der Waals surface area contributed by atoms with Gasteiger partial charge in [-0.2, -0.15) is 0 Å². The third kappa shape index (κ3) is 5.89. The topological polar surface area (TPSA) is 78.5 Å². The van der Waals surface area contributed by atoms with Crippen molar-refractivity contribution in [2.24, 2.45) is 5.92 Å². The molecule has 2 rings (SSSR count). The van der Waals surface area contributed by atoms with E-state index in [0.717, 1.165) is 5.56 Å². The highest BCUT2D eigenvalue weighted by atomic mass is 16.2. The SMILES string of the molecule is Cc1ccc(CN2CC(C(=O)NCC(=O)NC(C)(C)C)CC2=O)cc1. The van der Waals surface area contributed by atoms with E-state index in [1.165, 1.54) is 5.56 Å². The highest BCUT2D eigenvalue weighted by Crippen LogP contribution is 2.20. The minimum atomic E-state index is -0.402. The molecule has 3 amide bonds. The fraction of sp³-hybridized carbons (Fsp3) is 0.526. The van der Waals surface area contributed by atoms with E-state index in [0.29, 0.717) is 13.1 Å².